The number of rotatable bonds is 40. The Labute approximate surface area is 327 Å². The first-order valence-corrected chi connectivity index (χ1v) is 22.2. The molecule has 0 aliphatic heterocycles. The van der Waals surface area contributed by atoms with Gasteiger partial charge in [0.15, 0.2) is 12.1 Å². The van der Waals surface area contributed by atoms with Gasteiger partial charge in [0, 0.05) is 19.3 Å². The third-order valence-electron chi connectivity index (χ3n) is 10.2. The smallest absolute Gasteiger partial charge is 0.362 e. The van der Waals surface area contributed by atoms with E-state index in [0.717, 1.165) is 51.4 Å². The van der Waals surface area contributed by atoms with E-state index < -0.39 is 18.1 Å². The lowest BCUT2D eigenvalue weighted by Gasteiger charge is -2.31. The van der Waals surface area contributed by atoms with Gasteiger partial charge in [-0.25, -0.2) is 4.79 Å². The number of allylic oxidation sites excluding steroid dienone is 2. The lowest BCUT2D eigenvalue weighted by Crippen LogP contribution is -2.50. The van der Waals surface area contributed by atoms with E-state index in [1.807, 2.05) is 21.1 Å². The third-order valence-corrected chi connectivity index (χ3v) is 10.2. The van der Waals surface area contributed by atoms with Gasteiger partial charge in [0.1, 0.15) is 6.61 Å². The molecule has 8 nitrogen and oxygen atoms in total. The predicted molar refractivity (Wildman–Crippen MR) is 220 cm³/mol. The summed E-state index contributed by atoms with van der Waals surface area (Å²) in [6.07, 6.45) is 38.2. The van der Waals surface area contributed by atoms with Crippen LogP contribution in [0.1, 0.15) is 206 Å². The summed E-state index contributed by atoms with van der Waals surface area (Å²) in [6, 6.07) is -0.611. The summed E-state index contributed by atoms with van der Waals surface area (Å²) < 4.78 is 17.3. The van der Waals surface area contributed by atoms with Gasteiger partial charge in [-0.2, -0.15) is 0 Å². The van der Waals surface area contributed by atoms with Crippen LogP contribution in [0.3, 0.4) is 0 Å². The second-order valence-corrected chi connectivity index (χ2v) is 16.3. The Morgan fingerprint density at radius 1 is 0.547 bits per heavy atom. The monoisotopic (exact) mass is 753 g/mol. The minimum Gasteiger partial charge on any atom is -0.477 e. The molecule has 0 radical (unpaired) electrons. The number of carboxylic acids is 1. The van der Waals surface area contributed by atoms with Gasteiger partial charge in [-0.3, -0.25) is 9.59 Å². The number of carboxylic acid groups (broad SMARTS) is 1. The zero-order valence-corrected chi connectivity index (χ0v) is 35.5. The van der Waals surface area contributed by atoms with Crippen molar-refractivity contribution >= 4 is 17.9 Å². The Morgan fingerprint density at radius 2 is 0.943 bits per heavy atom. The van der Waals surface area contributed by atoms with Crippen molar-refractivity contribution in [3.63, 3.8) is 0 Å². The average molecular weight is 753 g/mol. The molecular weight excluding hydrogens is 666 g/mol. The lowest BCUT2D eigenvalue weighted by atomic mass is 10.0. The second kappa shape index (κ2) is 37.0. The Kier molecular flexibility index (Phi) is 35.7. The molecule has 0 aromatic carbocycles. The van der Waals surface area contributed by atoms with Crippen LogP contribution >= 0.6 is 0 Å². The minimum atomic E-state index is -0.874. The SMILES string of the molecule is CCCCC/C=C\CCCCCCCC(=O)OC(COCCC(C(=O)O)[N+](C)(C)C)COC(=O)CCCCCCCCCCCCCCCCCCC. The molecule has 0 aliphatic rings. The van der Waals surface area contributed by atoms with E-state index >= 15 is 0 Å². The van der Waals surface area contributed by atoms with Crippen LogP contribution in [-0.4, -0.2) is 80.6 Å². The molecule has 0 aliphatic carbocycles. The molecule has 0 fully saturated rings. The number of carbonyl (C=O) groups is 3. The molecule has 0 bridgehead atoms. The summed E-state index contributed by atoms with van der Waals surface area (Å²) in [5, 5.41) is 9.61. The maximum atomic E-state index is 12.7. The number of nitrogens with zero attached hydrogens (tertiary/aromatic N) is 1. The Bertz CT molecular complexity index is 885. The fraction of sp³-hybridized carbons (Fsp3) is 0.889. The minimum absolute atomic E-state index is 0.0484. The maximum absolute atomic E-state index is 12.7. The normalized spacial score (nSPS) is 13.0. The van der Waals surface area contributed by atoms with Crippen molar-refractivity contribution in [2.24, 2.45) is 0 Å². The first-order valence-electron chi connectivity index (χ1n) is 22.2. The van der Waals surface area contributed by atoms with Crippen LogP contribution in [0.15, 0.2) is 12.2 Å². The quantitative estimate of drug-likeness (QED) is 0.0288. The zero-order chi connectivity index (χ0) is 39.3. The standard InChI is InChI=1S/C45H85NO7/c1-6-8-10-12-14-16-18-20-21-22-23-24-26-27-29-31-33-35-43(47)52-40-41(39-51-38-37-42(45(49)50)46(3,4)5)53-44(48)36-34-32-30-28-25-19-17-15-13-11-9-7-2/h15,17,41-42H,6-14,16,18-40H2,1-5H3/p+1/b17-15-. The van der Waals surface area contributed by atoms with Gasteiger partial charge in [-0.1, -0.05) is 161 Å². The average Bonchev–Trinajstić information content (AvgIpc) is 3.11. The van der Waals surface area contributed by atoms with E-state index in [1.165, 1.54) is 122 Å². The van der Waals surface area contributed by atoms with Crippen molar-refractivity contribution in [1.82, 2.24) is 0 Å². The van der Waals surface area contributed by atoms with Crippen molar-refractivity contribution in [2.45, 2.75) is 219 Å². The van der Waals surface area contributed by atoms with Crippen LogP contribution < -0.4 is 0 Å². The van der Waals surface area contributed by atoms with Crippen molar-refractivity contribution < 1.29 is 38.2 Å². The van der Waals surface area contributed by atoms with Gasteiger partial charge in [0.05, 0.1) is 34.4 Å². The molecule has 1 N–H and O–H groups in total. The van der Waals surface area contributed by atoms with Crippen molar-refractivity contribution in [2.75, 3.05) is 41.0 Å². The number of hydrogen-bond donors (Lipinski definition) is 1. The van der Waals surface area contributed by atoms with Gasteiger partial charge in [-0.15, -0.1) is 0 Å². The van der Waals surface area contributed by atoms with Crippen molar-refractivity contribution in [3.05, 3.63) is 12.2 Å². The highest BCUT2D eigenvalue weighted by molar-refractivity contribution is 5.72. The highest BCUT2D eigenvalue weighted by Gasteiger charge is 2.31. The summed E-state index contributed by atoms with van der Waals surface area (Å²) in [5.41, 5.74) is 0. The summed E-state index contributed by atoms with van der Waals surface area (Å²) in [5.74, 6) is -1.47. The van der Waals surface area contributed by atoms with Crippen LogP contribution in [-0.2, 0) is 28.6 Å². The van der Waals surface area contributed by atoms with Gasteiger partial charge >= 0.3 is 17.9 Å². The molecule has 0 heterocycles. The van der Waals surface area contributed by atoms with Crippen molar-refractivity contribution in [1.29, 1.82) is 0 Å². The fourth-order valence-corrected chi connectivity index (χ4v) is 6.67. The van der Waals surface area contributed by atoms with Gasteiger partial charge in [0.25, 0.3) is 0 Å². The number of likely N-dealkylation sites (N-methyl/N-ethyl adjacent to an activating group) is 1. The molecule has 53 heavy (non-hydrogen) atoms. The van der Waals surface area contributed by atoms with E-state index in [4.69, 9.17) is 14.2 Å². The molecular formula is C45H86NO7+. The number of carbonyl (C=O) groups excluding carboxylic acids is 2. The van der Waals surface area contributed by atoms with Crippen molar-refractivity contribution in [3.8, 4) is 0 Å². The van der Waals surface area contributed by atoms with Crippen LogP contribution in [0.25, 0.3) is 0 Å². The van der Waals surface area contributed by atoms with E-state index in [2.05, 4.69) is 26.0 Å². The molecule has 8 heteroatoms. The maximum Gasteiger partial charge on any atom is 0.362 e. The van der Waals surface area contributed by atoms with Gasteiger partial charge in [0.2, 0.25) is 0 Å². The van der Waals surface area contributed by atoms with Gasteiger partial charge < -0.3 is 23.8 Å². The van der Waals surface area contributed by atoms with E-state index in [-0.39, 0.29) is 36.2 Å². The summed E-state index contributed by atoms with van der Waals surface area (Å²) >= 11 is 0. The van der Waals surface area contributed by atoms with E-state index in [1.54, 1.807) is 0 Å². The topological polar surface area (TPSA) is 99.1 Å². The molecule has 2 atom stereocenters. The van der Waals surface area contributed by atoms with Crippen LogP contribution in [0, 0.1) is 0 Å². The molecule has 0 saturated carbocycles. The molecule has 0 saturated heterocycles. The van der Waals surface area contributed by atoms with Crippen LogP contribution in [0.2, 0.25) is 0 Å². The van der Waals surface area contributed by atoms with E-state index in [9.17, 15) is 19.5 Å². The molecule has 0 amide bonds. The van der Waals surface area contributed by atoms with Gasteiger partial charge in [-0.05, 0) is 38.5 Å². The third kappa shape index (κ3) is 35.5. The van der Waals surface area contributed by atoms with Crippen LogP contribution in [0.4, 0.5) is 0 Å². The van der Waals surface area contributed by atoms with Crippen LogP contribution in [0.5, 0.6) is 0 Å². The number of ether oxygens (including phenoxy) is 3. The number of hydrogen-bond acceptors (Lipinski definition) is 6. The molecule has 312 valence electrons. The number of aliphatic carboxylic acids is 1. The highest BCUT2D eigenvalue weighted by atomic mass is 16.6. The number of esters is 2. The zero-order valence-electron chi connectivity index (χ0n) is 35.5. The fourth-order valence-electron chi connectivity index (χ4n) is 6.67. The summed E-state index contributed by atoms with van der Waals surface area (Å²) in [7, 11) is 5.53. The number of unbranched alkanes of at least 4 members (excludes halogenated alkanes) is 24. The lowest BCUT2D eigenvalue weighted by molar-refractivity contribution is -0.887. The molecule has 0 rings (SSSR count). The molecule has 0 spiro atoms. The second-order valence-electron chi connectivity index (χ2n) is 16.3. The Balaban J connectivity index is 4.28. The highest BCUT2D eigenvalue weighted by Crippen LogP contribution is 2.15. The largest absolute Gasteiger partial charge is 0.477 e. The Hall–Kier alpha value is -1.93. The first kappa shape index (κ1) is 51.1. The predicted octanol–water partition coefficient (Wildman–Crippen LogP) is 11.9. The molecule has 0 aromatic rings. The first-order chi connectivity index (χ1) is 25.6. The molecule has 0 aromatic heterocycles. The summed E-state index contributed by atoms with van der Waals surface area (Å²) in [6.45, 7) is 4.73. The Morgan fingerprint density at radius 3 is 1.40 bits per heavy atom. The molecule has 2 unspecified atom stereocenters. The number of quaternary nitrogens is 1. The van der Waals surface area contributed by atoms with E-state index in [0.29, 0.717) is 19.3 Å². The summed E-state index contributed by atoms with van der Waals surface area (Å²) in [4.78, 5) is 36.9.